The van der Waals surface area contributed by atoms with Crippen LogP contribution in [0.1, 0.15) is 15.9 Å². The molecule has 2 aromatic rings. The molecule has 0 aliphatic carbocycles. The fourth-order valence-corrected chi connectivity index (χ4v) is 2.73. The highest BCUT2D eigenvalue weighted by Gasteiger charge is 2.20. The highest BCUT2D eigenvalue weighted by atomic mass is 127. The standard InChI is InChI=1S/C10H8BrIN2O2/c1-3-6-5(2-4(13)8(3)11)16-9(12)7(6)10(14)15/h2H,13H2,1H3,(H2,14,15). The highest BCUT2D eigenvalue weighted by molar-refractivity contribution is 14.1. The minimum Gasteiger partial charge on any atom is -0.449 e. The van der Waals surface area contributed by atoms with E-state index in [2.05, 4.69) is 15.9 Å². The Morgan fingerprint density at radius 3 is 2.75 bits per heavy atom. The molecule has 2 rings (SSSR count). The van der Waals surface area contributed by atoms with Crippen LogP contribution in [-0.4, -0.2) is 5.91 Å². The van der Waals surface area contributed by atoms with Gasteiger partial charge in [0, 0.05) is 44.2 Å². The summed E-state index contributed by atoms with van der Waals surface area (Å²) in [5.41, 5.74) is 13.6. The number of hydrogen-bond acceptors (Lipinski definition) is 3. The lowest BCUT2D eigenvalue weighted by Gasteiger charge is -2.04. The van der Waals surface area contributed by atoms with Crippen LogP contribution in [0.15, 0.2) is 15.0 Å². The zero-order valence-electron chi connectivity index (χ0n) is 8.30. The van der Waals surface area contributed by atoms with Crippen molar-refractivity contribution in [3.05, 3.63) is 25.4 Å². The van der Waals surface area contributed by atoms with Gasteiger partial charge in [-0.2, -0.15) is 0 Å². The van der Waals surface area contributed by atoms with Crippen molar-refractivity contribution in [3.8, 4) is 0 Å². The lowest BCUT2D eigenvalue weighted by molar-refractivity contribution is 0.1000. The lowest BCUT2D eigenvalue weighted by Crippen LogP contribution is -2.12. The number of furan rings is 1. The molecule has 0 aliphatic rings. The number of carbonyl (C=O) groups excluding carboxylic acids is 1. The first-order valence-corrected chi connectivity index (χ1v) is 6.27. The molecule has 0 fully saturated rings. The minimum atomic E-state index is -0.497. The van der Waals surface area contributed by atoms with Gasteiger partial charge in [-0.1, -0.05) is 0 Å². The summed E-state index contributed by atoms with van der Waals surface area (Å²) in [6.45, 7) is 1.86. The molecule has 0 saturated heterocycles. The maximum Gasteiger partial charge on any atom is 0.253 e. The molecule has 4 nitrogen and oxygen atoms in total. The molecule has 0 unspecified atom stereocenters. The van der Waals surface area contributed by atoms with Gasteiger partial charge in [-0.25, -0.2) is 0 Å². The van der Waals surface area contributed by atoms with Gasteiger partial charge in [0.15, 0.2) is 3.77 Å². The molecule has 84 valence electrons. The van der Waals surface area contributed by atoms with Gasteiger partial charge in [0.25, 0.3) is 5.91 Å². The molecule has 4 N–H and O–H groups in total. The molecule has 16 heavy (non-hydrogen) atoms. The largest absolute Gasteiger partial charge is 0.449 e. The van der Waals surface area contributed by atoms with E-state index in [1.165, 1.54) is 0 Å². The third-order valence-corrected chi connectivity index (χ3v) is 4.20. The molecular weight excluding hydrogens is 387 g/mol. The number of nitrogen functional groups attached to an aromatic ring is 1. The van der Waals surface area contributed by atoms with Crippen molar-refractivity contribution >= 4 is 61.1 Å². The van der Waals surface area contributed by atoms with Gasteiger partial charge in [-0.05, 0) is 28.4 Å². The lowest BCUT2D eigenvalue weighted by atomic mass is 10.1. The van der Waals surface area contributed by atoms with Crippen molar-refractivity contribution < 1.29 is 9.21 Å². The SMILES string of the molecule is Cc1c(Br)c(N)cc2oc(I)c(C(N)=O)c12. The Morgan fingerprint density at radius 1 is 1.56 bits per heavy atom. The van der Waals surface area contributed by atoms with E-state index in [4.69, 9.17) is 15.9 Å². The van der Waals surface area contributed by atoms with E-state index < -0.39 is 5.91 Å². The first-order valence-electron chi connectivity index (χ1n) is 4.40. The predicted molar refractivity (Wildman–Crippen MR) is 74.3 cm³/mol. The minimum absolute atomic E-state index is 0.411. The zero-order valence-corrected chi connectivity index (χ0v) is 12.0. The Labute approximate surface area is 114 Å². The molecule has 6 heteroatoms. The summed E-state index contributed by atoms with van der Waals surface area (Å²) in [6.07, 6.45) is 0. The van der Waals surface area contributed by atoms with E-state index >= 15 is 0 Å². The van der Waals surface area contributed by atoms with Gasteiger partial charge in [0.05, 0.1) is 5.56 Å². The second-order valence-corrected chi connectivity index (χ2v) is 5.17. The van der Waals surface area contributed by atoms with Crippen LogP contribution < -0.4 is 11.5 Å². The summed E-state index contributed by atoms with van der Waals surface area (Å²) in [7, 11) is 0. The van der Waals surface area contributed by atoms with Crippen LogP contribution in [0, 0.1) is 10.7 Å². The summed E-state index contributed by atoms with van der Waals surface area (Å²) in [6, 6.07) is 1.68. The third kappa shape index (κ3) is 1.60. The van der Waals surface area contributed by atoms with Crippen LogP contribution >= 0.6 is 38.5 Å². The zero-order chi connectivity index (χ0) is 12.0. The summed E-state index contributed by atoms with van der Waals surface area (Å²) in [5.74, 6) is -0.497. The number of primary amides is 1. The van der Waals surface area contributed by atoms with E-state index in [0.717, 1.165) is 15.4 Å². The van der Waals surface area contributed by atoms with E-state index in [9.17, 15) is 4.79 Å². The Bertz CT molecular complexity index is 607. The monoisotopic (exact) mass is 394 g/mol. The van der Waals surface area contributed by atoms with Crippen molar-refractivity contribution in [2.45, 2.75) is 6.92 Å². The number of hydrogen-bond donors (Lipinski definition) is 2. The molecule has 1 aromatic carbocycles. The molecule has 0 aliphatic heterocycles. The van der Waals surface area contributed by atoms with E-state index in [1.807, 2.05) is 29.5 Å². The maximum atomic E-state index is 11.4. The number of halogens is 2. The number of aryl methyl sites for hydroxylation is 1. The Balaban J connectivity index is 2.98. The number of rotatable bonds is 1. The van der Waals surface area contributed by atoms with Gasteiger partial charge in [-0.15, -0.1) is 0 Å². The molecule has 1 heterocycles. The number of carbonyl (C=O) groups is 1. The fraction of sp³-hybridized carbons (Fsp3) is 0.100. The fourth-order valence-electron chi connectivity index (χ4n) is 1.64. The Morgan fingerprint density at radius 2 is 2.19 bits per heavy atom. The normalized spacial score (nSPS) is 10.9. The van der Waals surface area contributed by atoms with Gasteiger partial charge < -0.3 is 15.9 Å². The second kappa shape index (κ2) is 3.92. The first-order chi connectivity index (χ1) is 7.43. The van der Waals surface area contributed by atoms with Crippen LogP contribution in [0.5, 0.6) is 0 Å². The van der Waals surface area contributed by atoms with Crippen molar-refractivity contribution in [1.82, 2.24) is 0 Å². The van der Waals surface area contributed by atoms with Crippen molar-refractivity contribution in [2.75, 3.05) is 5.73 Å². The molecule has 0 atom stereocenters. The van der Waals surface area contributed by atoms with Gasteiger partial charge >= 0.3 is 0 Å². The molecular formula is C10H8BrIN2O2. The number of benzene rings is 1. The summed E-state index contributed by atoms with van der Waals surface area (Å²) >= 11 is 5.32. The van der Waals surface area contributed by atoms with Crippen molar-refractivity contribution in [2.24, 2.45) is 5.73 Å². The van der Waals surface area contributed by atoms with Crippen LogP contribution in [0.2, 0.25) is 0 Å². The smallest absolute Gasteiger partial charge is 0.253 e. The predicted octanol–water partition coefficient (Wildman–Crippen LogP) is 2.79. The quantitative estimate of drug-likeness (QED) is 0.576. The summed E-state index contributed by atoms with van der Waals surface area (Å²) in [5, 5.41) is 0.720. The Hall–Kier alpha value is -0.760. The van der Waals surface area contributed by atoms with E-state index in [-0.39, 0.29) is 0 Å². The Kier molecular flexibility index (Phi) is 2.87. The summed E-state index contributed by atoms with van der Waals surface area (Å²) in [4.78, 5) is 11.4. The average Bonchev–Trinajstić information content (AvgIpc) is 2.51. The van der Waals surface area contributed by atoms with Crippen molar-refractivity contribution in [3.63, 3.8) is 0 Å². The van der Waals surface area contributed by atoms with Crippen LogP contribution in [-0.2, 0) is 0 Å². The van der Waals surface area contributed by atoms with Crippen LogP contribution in [0.3, 0.4) is 0 Å². The van der Waals surface area contributed by atoms with Crippen LogP contribution in [0.25, 0.3) is 11.0 Å². The summed E-state index contributed by atoms with van der Waals surface area (Å²) < 4.78 is 6.71. The van der Waals surface area contributed by atoms with Gasteiger partial charge in [0.2, 0.25) is 0 Å². The second-order valence-electron chi connectivity index (χ2n) is 3.39. The molecule has 0 saturated carbocycles. The van der Waals surface area contributed by atoms with E-state index in [1.54, 1.807) is 6.07 Å². The molecule has 1 aromatic heterocycles. The maximum absolute atomic E-state index is 11.4. The number of anilines is 1. The van der Waals surface area contributed by atoms with Gasteiger partial charge in [-0.3, -0.25) is 4.79 Å². The first kappa shape index (κ1) is 11.7. The van der Waals surface area contributed by atoms with Crippen molar-refractivity contribution in [1.29, 1.82) is 0 Å². The molecule has 0 spiro atoms. The number of fused-ring (bicyclic) bond motifs is 1. The molecule has 1 amide bonds. The molecule has 0 radical (unpaired) electrons. The highest BCUT2D eigenvalue weighted by Crippen LogP contribution is 2.36. The number of amides is 1. The topological polar surface area (TPSA) is 82.2 Å². The van der Waals surface area contributed by atoms with Crippen LogP contribution in [0.4, 0.5) is 5.69 Å². The van der Waals surface area contributed by atoms with E-state index in [0.29, 0.717) is 20.6 Å². The van der Waals surface area contributed by atoms with Gasteiger partial charge in [0.1, 0.15) is 5.58 Å². The molecule has 0 bridgehead atoms. The average molecular weight is 395 g/mol. The third-order valence-electron chi connectivity index (χ3n) is 2.38. The number of nitrogens with two attached hydrogens (primary N) is 2.